The summed E-state index contributed by atoms with van der Waals surface area (Å²) in [5.41, 5.74) is 9.92. The first-order valence-corrected chi connectivity index (χ1v) is 9.45. The Morgan fingerprint density at radius 2 is 1.76 bits per heavy atom. The summed E-state index contributed by atoms with van der Waals surface area (Å²) in [6.45, 7) is 6.09. The van der Waals surface area contributed by atoms with Crippen LogP contribution in [0.2, 0.25) is 0 Å². The molecule has 0 radical (unpaired) electrons. The van der Waals surface area contributed by atoms with E-state index in [1.165, 1.54) is 4.90 Å². The molecule has 0 aliphatic carbocycles. The second-order valence-electron chi connectivity index (χ2n) is 7.41. The molecule has 3 amide bonds. The zero-order chi connectivity index (χ0) is 21.1. The van der Waals surface area contributed by atoms with Gasteiger partial charge in [0.2, 0.25) is 11.8 Å². The van der Waals surface area contributed by atoms with Crippen LogP contribution in [0.5, 0.6) is 5.75 Å². The number of hydrogen-bond acceptors (Lipinski definition) is 4. The Hall–Kier alpha value is -3.35. The van der Waals surface area contributed by atoms with Crippen LogP contribution in [0.15, 0.2) is 36.4 Å². The van der Waals surface area contributed by atoms with Gasteiger partial charge in [-0.3, -0.25) is 14.4 Å². The quantitative estimate of drug-likeness (QED) is 0.784. The van der Waals surface area contributed by atoms with Crippen LogP contribution >= 0.6 is 0 Å². The van der Waals surface area contributed by atoms with Crippen LogP contribution in [0.1, 0.15) is 23.1 Å². The summed E-state index contributed by atoms with van der Waals surface area (Å²) in [6, 6.07) is 10.9. The number of rotatable bonds is 6. The Morgan fingerprint density at radius 1 is 1.14 bits per heavy atom. The van der Waals surface area contributed by atoms with E-state index in [1.54, 1.807) is 24.3 Å². The Morgan fingerprint density at radius 3 is 2.31 bits per heavy atom. The lowest BCUT2D eigenvalue weighted by Crippen LogP contribution is -2.28. The molecule has 0 aromatic heterocycles. The molecule has 0 saturated carbocycles. The van der Waals surface area contributed by atoms with E-state index < -0.39 is 11.8 Å². The van der Waals surface area contributed by atoms with Crippen LogP contribution in [0.25, 0.3) is 0 Å². The van der Waals surface area contributed by atoms with E-state index in [-0.39, 0.29) is 31.4 Å². The first-order chi connectivity index (χ1) is 13.7. The predicted molar refractivity (Wildman–Crippen MR) is 111 cm³/mol. The van der Waals surface area contributed by atoms with E-state index in [9.17, 15) is 14.4 Å². The Bertz CT molecular complexity index is 930. The van der Waals surface area contributed by atoms with Crippen molar-refractivity contribution in [1.29, 1.82) is 0 Å². The summed E-state index contributed by atoms with van der Waals surface area (Å²) in [4.78, 5) is 37.2. The molecule has 7 heteroatoms. The van der Waals surface area contributed by atoms with E-state index in [0.29, 0.717) is 11.4 Å². The molecule has 7 nitrogen and oxygen atoms in total. The van der Waals surface area contributed by atoms with Crippen LogP contribution in [-0.2, 0) is 14.4 Å². The normalized spacial score (nSPS) is 16.0. The number of anilines is 2. The number of ether oxygens (including phenoxy) is 1. The van der Waals surface area contributed by atoms with E-state index in [4.69, 9.17) is 10.5 Å². The first-order valence-electron chi connectivity index (χ1n) is 9.45. The number of carbonyl (C=O) groups is 3. The van der Waals surface area contributed by atoms with Crippen molar-refractivity contribution in [2.45, 2.75) is 27.2 Å². The van der Waals surface area contributed by atoms with E-state index >= 15 is 0 Å². The van der Waals surface area contributed by atoms with Gasteiger partial charge in [0.1, 0.15) is 5.75 Å². The highest BCUT2D eigenvalue weighted by Gasteiger charge is 2.33. The number of aryl methyl sites for hydroxylation is 3. The van der Waals surface area contributed by atoms with Gasteiger partial charge in [0.25, 0.3) is 5.91 Å². The van der Waals surface area contributed by atoms with Gasteiger partial charge in [-0.25, -0.2) is 0 Å². The number of amides is 3. The van der Waals surface area contributed by atoms with Gasteiger partial charge >= 0.3 is 0 Å². The van der Waals surface area contributed by atoms with Crippen LogP contribution < -0.4 is 20.7 Å². The van der Waals surface area contributed by atoms with Crippen molar-refractivity contribution in [2.75, 3.05) is 23.4 Å². The van der Waals surface area contributed by atoms with E-state index in [2.05, 4.69) is 5.32 Å². The molecule has 3 N–H and O–H groups in total. The molecule has 1 atom stereocenters. The largest absolute Gasteiger partial charge is 0.484 e. The number of hydrogen-bond donors (Lipinski definition) is 2. The molecule has 0 spiro atoms. The number of nitrogens with zero attached hydrogens (tertiary/aromatic N) is 1. The number of carbonyl (C=O) groups excluding carboxylic acids is 3. The van der Waals surface area contributed by atoms with Crippen molar-refractivity contribution in [3.05, 3.63) is 53.1 Å². The lowest BCUT2D eigenvalue weighted by Gasteiger charge is -2.17. The zero-order valence-electron chi connectivity index (χ0n) is 16.8. The van der Waals surface area contributed by atoms with Gasteiger partial charge < -0.3 is 20.7 Å². The second kappa shape index (κ2) is 8.34. The minimum absolute atomic E-state index is 0.126. The Kier molecular flexibility index (Phi) is 5.87. The molecule has 1 aliphatic rings. The molecule has 1 heterocycles. The lowest BCUT2D eigenvalue weighted by atomic mass is 10.1. The van der Waals surface area contributed by atoms with Crippen molar-refractivity contribution >= 4 is 29.1 Å². The van der Waals surface area contributed by atoms with E-state index in [0.717, 1.165) is 22.4 Å². The van der Waals surface area contributed by atoms with Crippen molar-refractivity contribution < 1.29 is 19.1 Å². The SMILES string of the molecule is Cc1cc(C)c(NC(=O)COc2ccc(N3C[C@H](C(N)=O)CC3=O)cc2)c(C)c1. The molecule has 2 aromatic carbocycles. The molecule has 0 unspecified atom stereocenters. The van der Waals surface area contributed by atoms with Gasteiger partial charge in [-0.05, 0) is 56.2 Å². The smallest absolute Gasteiger partial charge is 0.262 e. The van der Waals surface area contributed by atoms with Crippen molar-refractivity contribution in [1.82, 2.24) is 0 Å². The number of benzene rings is 2. The zero-order valence-corrected chi connectivity index (χ0v) is 16.8. The van der Waals surface area contributed by atoms with Crippen molar-refractivity contribution in [3.63, 3.8) is 0 Å². The highest BCUT2D eigenvalue weighted by atomic mass is 16.5. The Balaban J connectivity index is 1.57. The third-order valence-corrected chi connectivity index (χ3v) is 4.99. The Labute approximate surface area is 169 Å². The fourth-order valence-electron chi connectivity index (χ4n) is 3.57. The number of nitrogens with two attached hydrogens (primary N) is 1. The van der Waals surface area contributed by atoms with Crippen molar-refractivity contribution in [3.8, 4) is 5.75 Å². The van der Waals surface area contributed by atoms with Gasteiger partial charge in [0.15, 0.2) is 6.61 Å². The summed E-state index contributed by atoms with van der Waals surface area (Å²) in [6.07, 6.45) is 0.131. The van der Waals surface area contributed by atoms with Gasteiger partial charge in [0.05, 0.1) is 5.92 Å². The third-order valence-electron chi connectivity index (χ3n) is 4.99. The molecule has 3 rings (SSSR count). The maximum absolute atomic E-state index is 12.3. The van der Waals surface area contributed by atoms with Crippen molar-refractivity contribution in [2.24, 2.45) is 11.7 Å². The molecular weight excluding hydrogens is 370 g/mol. The standard InChI is InChI=1S/C22H25N3O4/c1-13-8-14(2)21(15(3)9-13)24-19(26)12-29-18-6-4-17(5-7-18)25-11-16(22(23)28)10-20(25)27/h4-9,16H,10-12H2,1-3H3,(H2,23,28)(H,24,26)/t16-/m1/s1. The van der Waals surface area contributed by atoms with E-state index in [1.807, 2.05) is 32.9 Å². The van der Waals surface area contributed by atoms with Gasteiger partial charge in [0, 0.05) is 24.3 Å². The molecule has 29 heavy (non-hydrogen) atoms. The average molecular weight is 395 g/mol. The monoisotopic (exact) mass is 395 g/mol. The topological polar surface area (TPSA) is 102 Å². The maximum atomic E-state index is 12.3. The van der Waals surface area contributed by atoms with Gasteiger partial charge in [-0.15, -0.1) is 0 Å². The van der Waals surface area contributed by atoms with Crippen LogP contribution in [0, 0.1) is 26.7 Å². The average Bonchev–Trinajstić information content (AvgIpc) is 3.05. The van der Waals surface area contributed by atoms with Crippen LogP contribution in [-0.4, -0.2) is 30.9 Å². The fourth-order valence-corrected chi connectivity index (χ4v) is 3.57. The first kappa shape index (κ1) is 20.4. The second-order valence-corrected chi connectivity index (χ2v) is 7.41. The summed E-state index contributed by atoms with van der Waals surface area (Å²) in [5, 5.41) is 2.89. The summed E-state index contributed by atoms with van der Waals surface area (Å²) in [5.74, 6) is -0.796. The summed E-state index contributed by atoms with van der Waals surface area (Å²) < 4.78 is 5.56. The predicted octanol–water partition coefficient (Wildman–Crippen LogP) is 2.47. The minimum Gasteiger partial charge on any atom is -0.484 e. The maximum Gasteiger partial charge on any atom is 0.262 e. The van der Waals surface area contributed by atoms with Gasteiger partial charge in [-0.2, -0.15) is 0 Å². The molecule has 2 aromatic rings. The summed E-state index contributed by atoms with van der Waals surface area (Å²) in [7, 11) is 0. The number of primary amides is 1. The van der Waals surface area contributed by atoms with Crippen LogP contribution in [0.3, 0.4) is 0 Å². The molecular formula is C22H25N3O4. The highest BCUT2D eigenvalue weighted by molar-refractivity contribution is 6.00. The highest BCUT2D eigenvalue weighted by Crippen LogP contribution is 2.27. The molecule has 152 valence electrons. The third kappa shape index (κ3) is 4.74. The molecule has 1 fully saturated rings. The number of nitrogens with one attached hydrogen (secondary N) is 1. The molecule has 1 aliphatic heterocycles. The molecule has 0 bridgehead atoms. The summed E-state index contributed by atoms with van der Waals surface area (Å²) >= 11 is 0. The van der Waals surface area contributed by atoms with Crippen LogP contribution in [0.4, 0.5) is 11.4 Å². The fraction of sp³-hybridized carbons (Fsp3) is 0.318. The molecule has 1 saturated heterocycles. The lowest BCUT2D eigenvalue weighted by molar-refractivity contribution is -0.123. The minimum atomic E-state index is -0.467. The van der Waals surface area contributed by atoms with Gasteiger partial charge in [-0.1, -0.05) is 17.7 Å².